The van der Waals surface area contributed by atoms with Gasteiger partial charge in [-0.15, -0.1) is 0 Å². The molecule has 1 aromatic rings. The summed E-state index contributed by atoms with van der Waals surface area (Å²) in [5.74, 6) is 1.24. The lowest BCUT2D eigenvalue weighted by Gasteiger charge is -2.20. The zero-order chi connectivity index (χ0) is 14.1. The van der Waals surface area contributed by atoms with E-state index in [9.17, 15) is 4.79 Å². The van der Waals surface area contributed by atoms with Gasteiger partial charge in [-0.3, -0.25) is 4.79 Å². The molecule has 0 aliphatic heterocycles. The van der Waals surface area contributed by atoms with Crippen LogP contribution in [0.15, 0.2) is 6.07 Å². The number of hydrogen-bond donors (Lipinski definition) is 0. The van der Waals surface area contributed by atoms with Crippen LogP contribution in [0.4, 0.5) is 0 Å². The van der Waals surface area contributed by atoms with Gasteiger partial charge in [0.2, 0.25) is 0 Å². The number of carbonyl (C=O) groups is 1. The van der Waals surface area contributed by atoms with Crippen molar-refractivity contribution >= 4 is 5.97 Å². The van der Waals surface area contributed by atoms with Crippen LogP contribution in [-0.2, 0) is 4.79 Å². The number of esters is 1. The predicted octanol–water partition coefficient (Wildman–Crippen LogP) is 3.57. The lowest BCUT2D eigenvalue weighted by molar-refractivity contribution is -0.143. The molecule has 0 saturated carbocycles. The molecule has 0 fully saturated rings. The first-order valence-corrected chi connectivity index (χ1v) is 6.05. The Hall–Kier alpha value is -1.51. The van der Waals surface area contributed by atoms with Crippen LogP contribution in [0.3, 0.4) is 0 Å². The van der Waals surface area contributed by atoms with Crippen LogP contribution >= 0.6 is 0 Å². The normalized spacial score (nSPS) is 11.3. The molecule has 0 aliphatic carbocycles. The second-order valence-electron chi connectivity index (χ2n) is 5.61. The fourth-order valence-electron chi connectivity index (χ4n) is 1.69. The SMILES string of the molecule is COc1c(C)cc(OC(=O)C(C)(C)C)c(C)c1C. The number of ether oxygens (including phenoxy) is 2. The molecule has 3 heteroatoms. The van der Waals surface area contributed by atoms with Gasteiger partial charge in [0, 0.05) is 0 Å². The number of benzene rings is 1. The maximum atomic E-state index is 11.9. The van der Waals surface area contributed by atoms with Crippen molar-refractivity contribution in [3.8, 4) is 11.5 Å². The van der Waals surface area contributed by atoms with Gasteiger partial charge in [0.05, 0.1) is 12.5 Å². The largest absolute Gasteiger partial charge is 0.496 e. The van der Waals surface area contributed by atoms with Gasteiger partial charge in [-0.05, 0) is 64.3 Å². The van der Waals surface area contributed by atoms with Gasteiger partial charge in [0.1, 0.15) is 11.5 Å². The van der Waals surface area contributed by atoms with E-state index >= 15 is 0 Å². The van der Waals surface area contributed by atoms with Crippen LogP contribution in [0.25, 0.3) is 0 Å². The maximum absolute atomic E-state index is 11.9. The topological polar surface area (TPSA) is 35.5 Å². The van der Waals surface area contributed by atoms with E-state index in [2.05, 4.69) is 0 Å². The highest BCUT2D eigenvalue weighted by molar-refractivity contribution is 5.78. The van der Waals surface area contributed by atoms with Crippen LogP contribution in [0, 0.1) is 26.2 Å². The summed E-state index contributed by atoms with van der Waals surface area (Å²) in [6.07, 6.45) is 0. The average molecular weight is 250 g/mol. The molecule has 0 radical (unpaired) electrons. The second kappa shape index (κ2) is 5.01. The first-order valence-electron chi connectivity index (χ1n) is 6.05. The number of carbonyl (C=O) groups excluding carboxylic acids is 1. The Kier molecular flexibility index (Phi) is 4.05. The molecule has 0 N–H and O–H groups in total. The fraction of sp³-hybridized carbons (Fsp3) is 0.533. The third-order valence-corrected chi connectivity index (χ3v) is 3.00. The summed E-state index contributed by atoms with van der Waals surface area (Å²) in [5.41, 5.74) is 2.41. The Morgan fingerprint density at radius 1 is 1.11 bits per heavy atom. The lowest BCUT2D eigenvalue weighted by Crippen LogP contribution is -2.26. The minimum Gasteiger partial charge on any atom is -0.496 e. The number of hydrogen-bond acceptors (Lipinski definition) is 3. The standard InChI is InChI=1S/C15H22O3/c1-9-8-12(18-14(16)15(4,5)6)10(2)11(3)13(9)17-7/h8H,1-7H3. The monoisotopic (exact) mass is 250 g/mol. The van der Waals surface area contributed by atoms with Crippen LogP contribution in [0.5, 0.6) is 11.5 Å². The summed E-state index contributed by atoms with van der Waals surface area (Å²) in [7, 11) is 1.65. The minimum absolute atomic E-state index is 0.227. The Bertz CT molecular complexity index is 468. The predicted molar refractivity (Wildman–Crippen MR) is 72.3 cm³/mol. The fourth-order valence-corrected chi connectivity index (χ4v) is 1.69. The van der Waals surface area contributed by atoms with Gasteiger partial charge in [0.25, 0.3) is 0 Å². The molecule has 1 aromatic carbocycles. The van der Waals surface area contributed by atoms with Crippen LogP contribution in [-0.4, -0.2) is 13.1 Å². The number of methoxy groups -OCH3 is 1. The van der Waals surface area contributed by atoms with Crippen molar-refractivity contribution < 1.29 is 14.3 Å². The van der Waals surface area contributed by atoms with Crippen molar-refractivity contribution in [2.45, 2.75) is 41.5 Å². The summed E-state index contributed by atoms with van der Waals surface area (Å²) >= 11 is 0. The van der Waals surface area contributed by atoms with E-state index < -0.39 is 5.41 Å². The van der Waals surface area contributed by atoms with Gasteiger partial charge in [0.15, 0.2) is 0 Å². The van der Waals surface area contributed by atoms with Gasteiger partial charge in [-0.2, -0.15) is 0 Å². The van der Waals surface area contributed by atoms with E-state index in [1.807, 2.05) is 47.6 Å². The minimum atomic E-state index is -0.506. The van der Waals surface area contributed by atoms with E-state index in [4.69, 9.17) is 9.47 Å². The van der Waals surface area contributed by atoms with Crippen LogP contribution < -0.4 is 9.47 Å². The molecule has 0 amide bonds. The van der Waals surface area contributed by atoms with Crippen molar-refractivity contribution in [2.24, 2.45) is 5.41 Å². The second-order valence-corrected chi connectivity index (χ2v) is 5.61. The third-order valence-electron chi connectivity index (χ3n) is 3.00. The molecule has 0 aromatic heterocycles. The Labute approximate surface area is 109 Å². The van der Waals surface area contributed by atoms with E-state index in [-0.39, 0.29) is 5.97 Å². The lowest BCUT2D eigenvalue weighted by atomic mass is 9.97. The van der Waals surface area contributed by atoms with Gasteiger partial charge >= 0.3 is 5.97 Å². The first kappa shape index (κ1) is 14.6. The average Bonchev–Trinajstić information content (AvgIpc) is 2.24. The molecule has 18 heavy (non-hydrogen) atoms. The van der Waals surface area contributed by atoms with Crippen LogP contribution in [0.1, 0.15) is 37.5 Å². The highest BCUT2D eigenvalue weighted by Crippen LogP contribution is 2.33. The summed E-state index contributed by atoms with van der Waals surface area (Å²) in [4.78, 5) is 11.9. The summed E-state index contributed by atoms with van der Waals surface area (Å²) < 4.78 is 10.8. The molecule has 3 nitrogen and oxygen atoms in total. The molecule has 0 spiro atoms. The van der Waals surface area contributed by atoms with Crippen molar-refractivity contribution in [3.63, 3.8) is 0 Å². The van der Waals surface area contributed by atoms with E-state index in [0.717, 1.165) is 22.4 Å². The van der Waals surface area contributed by atoms with E-state index in [1.165, 1.54) is 0 Å². The molecular formula is C15H22O3. The number of rotatable bonds is 2. The molecule has 0 heterocycles. The van der Waals surface area contributed by atoms with Gasteiger partial charge in [-0.25, -0.2) is 0 Å². The van der Waals surface area contributed by atoms with E-state index in [1.54, 1.807) is 7.11 Å². The summed E-state index contributed by atoms with van der Waals surface area (Å²) in [6.45, 7) is 11.4. The molecular weight excluding hydrogens is 228 g/mol. The maximum Gasteiger partial charge on any atom is 0.316 e. The van der Waals surface area contributed by atoms with Gasteiger partial charge < -0.3 is 9.47 Å². The van der Waals surface area contributed by atoms with Gasteiger partial charge in [-0.1, -0.05) is 0 Å². The molecule has 0 bridgehead atoms. The van der Waals surface area contributed by atoms with Crippen molar-refractivity contribution in [1.82, 2.24) is 0 Å². The van der Waals surface area contributed by atoms with Crippen molar-refractivity contribution in [1.29, 1.82) is 0 Å². The molecule has 100 valence electrons. The zero-order valence-corrected chi connectivity index (χ0v) is 12.3. The van der Waals surface area contributed by atoms with Crippen LogP contribution in [0.2, 0.25) is 0 Å². The molecule has 0 unspecified atom stereocenters. The quantitative estimate of drug-likeness (QED) is 0.594. The highest BCUT2D eigenvalue weighted by atomic mass is 16.5. The third kappa shape index (κ3) is 2.84. The first-order chi connectivity index (χ1) is 8.18. The number of aryl methyl sites for hydroxylation is 1. The highest BCUT2D eigenvalue weighted by Gasteiger charge is 2.25. The Balaban J connectivity index is 3.17. The van der Waals surface area contributed by atoms with E-state index in [0.29, 0.717) is 5.75 Å². The summed E-state index contributed by atoms with van der Waals surface area (Å²) in [5, 5.41) is 0. The molecule has 0 saturated heterocycles. The Morgan fingerprint density at radius 2 is 1.67 bits per heavy atom. The molecule has 0 atom stereocenters. The molecule has 1 rings (SSSR count). The van der Waals surface area contributed by atoms with Crippen molar-refractivity contribution in [3.05, 3.63) is 22.8 Å². The van der Waals surface area contributed by atoms with Crippen molar-refractivity contribution in [2.75, 3.05) is 7.11 Å². The Morgan fingerprint density at radius 3 is 2.11 bits per heavy atom. The summed E-state index contributed by atoms with van der Waals surface area (Å²) in [6, 6.07) is 1.85. The zero-order valence-electron chi connectivity index (χ0n) is 12.3. The molecule has 0 aliphatic rings. The smallest absolute Gasteiger partial charge is 0.316 e.